The number of nitrogens with zero attached hydrogens (tertiary/aromatic N) is 3. The van der Waals surface area contributed by atoms with E-state index in [-0.39, 0.29) is 35.2 Å². The van der Waals surface area contributed by atoms with Gasteiger partial charge in [0, 0.05) is 24.3 Å². The van der Waals surface area contributed by atoms with E-state index in [1.807, 2.05) is 0 Å². The van der Waals surface area contributed by atoms with E-state index in [1.54, 1.807) is 0 Å². The second-order valence-corrected chi connectivity index (χ2v) is 4.85. The van der Waals surface area contributed by atoms with Crippen molar-refractivity contribution in [1.82, 2.24) is 9.97 Å². The molecule has 1 unspecified atom stereocenters. The third-order valence-electron chi connectivity index (χ3n) is 2.32. The van der Waals surface area contributed by atoms with Gasteiger partial charge >= 0.3 is 6.18 Å². The molecule has 1 aliphatic heterocycles. The van der Waals surface area contributed by atoms with E-state index in [0.29, 0.717) is 6.07 Å². The molecule has 1 aromatic rings. The summed E-state index contributed by atoms with van der Waals surface area (Å²) in [5.74, 6) is -0.707. The predicted molar refractivity (Wildman–Crippen MR) is 61.8 cm³/mol. The molecule has 1 aliphatic rings. The zero-order valence-electron chi connectivity index (χ0n) is 8.78. The average molecular weight is 298 g/mol. The average Bonchev–Trinajstić information content (AvgIpc) is 2.55. The highest BCUT2D eigenvalue weighted by Crippen LogP contribution is 2.31. The van der Waals surface area contributed by atoms with E-state index in [1.165, 1.54) is 0 Å². The molecule has 1 fully saturated rings. The van der Waals surface area contributed by atoms with Crippen molar-refractivity contribution in [1.29, 1.82) is 0 Å². The zero-order chi connectivity index (χ0) is 13.5. The maximum atomic E-state index is 12.5. The molecule has 9 heteroatoms. The summed E-state index contributed by atoms with van der Waals surface area (Å²) in [6.45, 7) is 0.166. The van der Waals surface area contributed by atoms with Crippen molar-refractivity contribution in [2.24, 2.45) is 0 Å². The molecule has 18 heavy (non-hydrogen) atoms. The van der Waals surface area contributed by atoms with Crippen LogP contribution in [-0.4, -0.2) is 27.7 Å². The lowest BCUT2D eigenvalue weighted by Gasteiger charge is -2.15. The number of aromatic nitrogens is 2. The fourth-order valence-corrected chi connectivity index (χ4v) is 2.05. The molecule has 1 aromatic heterocycles. The summed E-state index contributed by atoms with van der Waals surface area (Å²) in [5, 5.41) is -0.600. The Hall–Kier alpha value is -1.02. The lowest BCUT2D eigenvalue weighted by molar-refractivity contribution is -0.141. The van der Waals surface area contributed by atoms with Crippen LogP contribution in [0, 0.1) is 0 Å². The number of carbonyl (C=O) groups excluding carboxylic acids is 1. The molecule has 1 atom stereocenters. The number of halogens is 4. The van der Waals surface area contributed by atoms with E-state index < -0.39 is 11.9 Å². The lowest BCUT2D eigenvalue weighted by Crippen LogP contribution is -2.27. The standard InChI is InChI=1S/C9H7ClF3N3OS/c10-6-2-5(9(11,12)13)14-8(15-6)16-3-4(18)1-7(16)17/h2,4,18H,1,3H2. The fourth-order valence-electron chi connectivity index (χ4n) is 1.55. The van der Waals surface area contributed by atoms with Crippen molar-refractivity contribution in [2.45, 2.75) is 17.8 Å². The molecule has 2 heterocycles. The largest absolute Gasteiger partial charge is 0.433 e. The quantitative estimate of drug-likeness (QED) is 0.638. The van der Waals surface area contributed by atoms with E-state index in [2.05, 4.69) is 22.6 Å². The predicted octanol–water partition coefficient (Wildman–Crippen LogP) is 2.18. The number of anilines is 1. The normalized spacial score (nSPS) is 20.6. The van der Waals surface area contributed by atoms with Crippen LogP contribution < -0.4 is 4.90 Å². The Morgan fingerprint density at radius 2 is 2.11 bits per heavy atom. The van der Waals surface area contributed by atoms with Crippen LogP contribution in [0.25, 0.3) is 0 Å². The van der Waals surface area contributed by atoms with Crippen molar-refractivity contribution in [3.8, 4) is 0 Å². The minimum Gasteiger partial charge on any atom is -0.279 e. The number of alkyl halides is 3. The minimum atomic E-state index is -4.63. The first kappa shape index (κ1) is 13.4. The van der Waals surface area contributed by atoms with Crippen molar-refractivity contribution in [3.05, 3.63) is 16.9 Å². The first-order valence-corrected chi connectivity index (χ1v) is 5.77. The summed E-state index contributed by atoms with van der Waals surface area (Å²) in [6.07, 6.45) is -4.50. The molecule has 0 N–H and O–H groups in total. The van der Waals surface area contributed by atoms with Gasteiger partial charge in [-0.3, -0.25) is 9.69 Å². The molecule has 98 valence electrons. The molecule has 4 nitrogen and oxygen atoms in total. The summed E-state index contributed by atoms with van der Waals surface area (Å²) >= 11 is 9.61. The van der Waals surface area contributed by atoms with Gasteiger partial charge in [-0.25, -0.2) is 9.97 Å². The van der Waals surface area contributed by atoms with Crippen LogP contribution in [0.3, 0.4) is 0 Å². The first-order chi connectivity index (χ1) is 8.27. The van der Waals surface area contributed by atoms with Gasteiger partial charge in [0.15, 0.2) is 5.69 Å². The highest BCUT2D eigenvalue weighted by Gasteiger charge is 2.36. The molecule has 1 amide bonds. The molecule has 2 rings (SSSR count). The third kappa shape index (κ3) is 2.69. The van der Waals surface area contributed by atoms with Crippen LogP contribution in [0.5, 0.6) is 0 Å². The van der Waals surface area contributed by atoms with Crippen molar-refractivity contribution in [3.63, 3.8) is 0 Å². The summed E-state index contributed by atoms with van der Waals surface area (Å²) < 4.78 is 37.6. The smallest absolute Gasteiger partial charge is 0.279 e. The van der Waals surface area contributed by atoms with E-state index in [0.717, 1.165) is 4.90 Å². The van der Waals surface area contributed by atoms with Crippen LogP contribution >= 0.6 is 24.2 Å². The Morgan fingerprint density at radius 1 is 1.44 bits per heavy atom. The maximum Gasteiger partial charge on any atom is 0.433 e. The van der Waals surface area contributed by atoms with Crippen molar-refractivity contribution >= 4 is 36.1 Å². The van der Waals surface area contributed by atoms with Crippen LogP contribution in [0.1, 0.15) is 12.1 Å². The summed E-state index contributed by atoms with van der Waals surface area (Å²) in [6, 6.07) is 0.615. The number of amides is 1. The summed E-state index contributed by atoms with van der Waals surface area (Å²) in [5.41, 5.74) is -1.17. The van der Waals surface area contributed by atoms with Gasteiger partial charge in [0.2, 0.25) is 11.9 Å². The Labute approximate surface area is 111 Å². The van der Waals surface area contributed by atoms with Crippen molar-refractivity contribution in [2.75, 3.05) is 11.4 Å². The molecule has 0 radical (unpaired) electrons. The monoisotopic (exact) mass is 297 g/mol. The van der Waals surface area contributed by atoms with Gasteiger partial charge in [0.25, 0.3) is 0 Å². The second-order valence-electron chi connectivity index (χ2n) is 3.74. The van der Waals surface area contributed by atoms with Crippen LogP contribution in [0.2, 0.25) is 5.15 Å². The number of thiol groups is 1. The van der Waals surface area contributed by atoms with E-state index in [4.69, 9.17) is 11.6 Å². The SMILES string of the molecule is O=C1CC(S)CN1c1nc(Cl)cc(C(F)(F)F)n1. The first-order valence-electron chi connectivity index (χ1n) is 4.87. The van der Waals surface area contributed by atoms with Crippen LogP contribution in [-0.2, 0) is 11.0 Å². The van der Waals surface area contributed by atoms with Gasteiger partial charge in [-0.05, 0) is 0 Å². The molecule has 0 saturated carbocycles. The minimum absolute atomic E-state index is 0.139. The van der Waals surface area contributed by atoms with Gasteiger partial charge in [-0.1, -0.05) is 11.6 Å². The lowest BCUT2D eigenvalue weighted by atomic mass is 10.4. The molecule has 0 aliphatic carbocycles. The Balaban J connectivity index is 2.40. The third-order valence-corrected chi connectivity index (χ3v) is 2.86. The Kier molecular flexibility index (Phi) is 3.41. The molecule has 0 spiro atoms. The topological polar surface area (TPSA) is 46.1 Å². The van der Waals surface area contributed by atoms with Gasteiger partial charge in [0.1, 0.15) is 5.15 Å². The molecular weight excluding hydrogens is 291 g/mol. The Morgan fingerprint density at radius 3 is 2.61 bits per heavy atom. The van der Waals surface area contributed by atoms with Gasteiger partial charge in [-0.2, -0.15) is 25.8 Å². The highest BCUT2D eigenvalue weighted by molar-refractivity contribution is 7.81. The zero-order valence-corrected chi connectivity index (χ0v) is 10.4. The summed E-state index contributed by atoms with van der Waals surface area (Å²) in [7, 11) is 0. The van der Waals surface area contributed by atoms with Gasteiger partial charge in [-0.15, -0.1) is 0 Å². The molecule has 1 saturated heterocycles. The maximum absolute atomic E-state index is 12.5. The molecular formula is C9H7ClF3N3OS. The van der Waals surface area contributed by atoms with Gasteiger partial charge in [0.05, 0.1) is 0 Å². The second kappa shape index (κ2) is 4.58. The number of hydrogen-bond donors (Lipinski definition) is 1. The molecule has 0 aromatic carbocycles. The number of rotatable bonds is 1. The van der Waals surface area contributed by atoms with Crippen molar-refractivity contribution < 1.29 is 18.0 Å². The van der Waals surface area contributed by atoms with E-state index >= 15 is 0 Å². The summed E-state index contributed by atoms with van der Waals surface area (Å²) in [4.78, 5) is 19.5. The Bertz CT molecular complexity index is 496. The van der Waals surface area contributed by atoms with Crippen LogP contribution in [0.15, 0.2) is 6.07 Å². The van der Waals surface area contributed by atoms with Gasteiger partial charge < -0.3 is 0 Å². The number of carbonyl (C=O) groups is 1. The molecule has 0 bridgehead atoms. The van der Waals surface area contributed by atoms with Crippen LogP contribution in [0.4, 0.5) is 19.1 Å². The van der Waals surface area contributed by atoms with E-state index in [9.17, 15) is 18.0 Å². The fraction of sp³-hybridized carbons (Fsp3) is 0.444. The highest BCUT2D eigenvalue weighted by atomic mass is 35.5. The number of hydrogen-bond acceptors (Lipinski definition) is 4.